The van der Waals surface area contributed by atoms with Crippen LogP contribution in [0.4, 0.5) is 0 Å². The lowest BCUT2D eigenvalue weighted by Crippen LogP contribution is -2.44. The van der Waals surface area contributed by atoms with E-state index in [-0.39, 0.29) is 41.1 Å². The summed E-state index contributed by atoms with van der Waals surface area (Å²) in [5.74, 6) is 1.10. The summed E-state index contributed by atoms with van der Waals surface area (Å²) in [5, 5.41) is 47.6. The second-order valence-corrected chi connectivity index (χ2v) is 15.1. The van der Waals surface area contributed by atoms with Crippen molar-refractivity contribution in [2.45, 2.75) is 120 Å². The van der Waals surface area contributed by atoms with Crippen molar-refractivity contribution in [3.8, 4) is 23.0 Å². The first-order chi connectivity index (χ1) is 23.9. The van der Waals surface area contributed by atoms with Gasteiger partial charge in [0, 0.05) is 35.4 Å². The zero-order valence-corrected chi connectivity index (χ0v) is 28.8. The van der Waals surface area contributed by atoms with Gasteiger partial charge in [-0.15, -0.1) is 0 Å². The minimum atomic E-state index is -0.549. The number of nitrogens with zero attached hydrogens (tertiary/aromatic N) is 1. The summed E-state index contributed by atoms with van der Waals surface area (Å²) in [6.45, 7) is 1.07. The van der Waals surface area contributed by atoms with E-state index in [1.807, 2.05) is 12.1 Å². The zero-order chi connectivity index (χ0) is 33.9. The molecule has 0 spiro atoms. The Balaban J connectivity index is 1.05. The van der Waals surface area contributed by atoms with Crippen LogP contribution >= 0.6 is 0 Å². The SMILES string of the molecule is COc1c(O)c(O)cc(C2CC(O)C3CCC(c4ccc(O)c(C5C=CCC(CCNC6CCCCC6)C5)c4)CC3O2)c1Cc1cc[n-]c1. The molecule has 5 N–H and O–H groups in total. The summed E-state index contributed by atoms with van der Waals surface area (Å²) < 4.78 is 12.4. The van der Waals surface area contributed by atoms with E-state index in [2.05, 4.69) is 34.6 Å². The smallest absolute Gasteiger partial charge is 0.200 e. The largest absolute Gasteiger partial charge is 0.670 e. The van der Waals surface area contributed by atoms with E-state index < -0.39 is 12.2 Å². The van der Waals surface area contributed by atoms with Crippen molar-refractivity contribution < 1.29 is 29.9 Å². The van der Waals surface area contributed by atoms with Crippen molar-refractivity contribution in [1.82, 2.24) is 10.3 Å². The van der Waals surface area contributed by atoms with Crippen molar-refractivity contribution in [2.75, 3.05) is 13.7 Å². The monoisotopic (exact) mass is 669 g/mol. The Morgan fingerprint density at radius 2 is 1.80 bits per heavy atom. The average Bonchev–Trinajstić information content (AvgIpc) is 3.64. The highest BCUT2D eigenvalue weighted by atomic mass is 16.5. The van der Waals surface area contributed by atoms with Crippen LogP contribution in [0.2, 0.25) is 0 Å². The number of allylic oxidation sites excluding steroid dienone is 2. The van der Waals surface area contributed by atoms with E-state index in [0.717, 1.165) is 55.3 Å². The Hall–Kier alpha value is -3.46. The topological polar surface area (TPSA) is 126 Å². The molecule has 2 saturated carbocycles. The van der Waals surface area contributed by atoms with E-state index in [1.165, 1.54) is 51.2 Å². The number of aliphatic hydroxyl groups excluding tert-OH is 1. The third-order valence-electron chi connectivity index (χ3n) is 12.0. The molecule has 7 unspecified atom stereocenters. The number of hydrogen-bond donors (Lipinski definition) is 5. The third-order valence-corrected chi connectivity index (χ3v) is 12.0. The molecule has 8 heteroatoms. The van der Waals surface area contributed by atoms with Gasteiger partial charge in [0.15, 0.2) is 11.5 Å². The van der Waals surface area contributed by atoms with Gasteiger partial charge in [0.25, 0.3) is 0 Å². The molecule has 4 aliphatic rings. The normalized spacial score (nSPS) is 29.1. The van der Waals surface area contributed by atoms with Crippen molar-refractivity contribution in [3.63, 3.8) is 0 Å². The van der Waals surface area contributed by atoms with Crippen LogP contribution in [0.5, 0.6) is 23.0 Å². The van der Waals surface area contributed by atoms with Crippen LogP contribution in [0, 0.1) is 11.8 Å². The van der Waals surface area contributed by atoms with E-state index in [0.29, 0.717) is 36.1 Å². The Labute approximate surface area is 290 Å². The number of ether oxygens (including phenoxy) is 2. The molecule has 1 aliphatic heterocycles. The highest BCUT2D eigenvalue weighted by Gasteiger charge is 2.43. The molecule has 2 aromatic carbocycles. The maximum atomic E-state index is 11.4. The lowest BCUT2D eigenvalue weighted by atomic mass is 9.71. The summed E-state index contributed by atoms with van der Waals surface area (Å²) in [6, 6.07) is 10.3. The molecular formula is C41H53N2O6-. The number of hydrogen-bond acceptors (Lipinski definition) is 7. The zero-order valence-electron chi connectivity index (χ0n) is 28.8. The van der Waals surface area contributed by atoms with Crippen molar-refractivity contribution in [2.24, 2.45) is 11.8 Å². The van der Waals surface area contributed by atoms with Crippen molar-refractivity contribution >= 4 is 0 Å². The van der Waals surface area contributed by atoms with Crippen LogP contribution in [-0.2, 0) is 11.2 Å². The number of phenolic OH excluding ortho intramolecular Hbond substituents is 3. The molecule has 7 rings (SSSR count). The first-order valence-electron chi connectivity index (χ1n) is 18.6. The van der Waals surface area contributed by atoms with E-state index in [1.54, 1.807) is 18.5 Å². The van der Waals surface area contributed by atoms with E-state index in [4.69, 9.17) is 9.47 Å². The van der Waals surface area contributed by atoms with Gasteiger partial charge in [-0.3, -0.25) is 0 Å². The number of phenols is 3. The molecule has 2 heterocycles. The fourth-order valence-corrected chi connectivity index (χ4v) is 9.28. The first-order valence-corrected chi connectivity index (χ1v) is 18.6. The minimum Gasteiger partial charge on any atom is -0.670 e. The summed E-state index contributed by atoms with van der Waals surface area (Å²) in [7, 11) is 1.48. The van der Waals surface area contributed by atoms with Gasteiger partial charge in [-0.25, -0.2) is 0 Å². The van der Waals surface area contributed by atoms with Crippen LogP contribution in [-0.4, -0.2) is 52.3 Å². The molecule has 1 aromatic heterocycles. The quantitative estimate of drug-likeness (QED) is 0.111. The predicted octanol–water partition coefficient (Wildman–Crippen LogP) is 7.50. The van der Waals surface area contributed by atoms with Gasteiger partial charge >= 0.3 is 0 Å². The van der Waals surface area contributed by atoms with Crippen LogP contribution in [0.1, 0.15) is 123 Å². The average molecular weight is 670 g/mol. The number of fused-ring (bicyclic) bond motifs is 1. The fourth-order valence-electron chi connectivity index (χ4n) is 9.28. The number of benzene rings is 2. The molecule has 8 nitrogen and oxygen atoms in total. The molecule has 0 bridgehead atoms. The Morgan fingerprint density at radius 3 is 2.59 bits per heavy atom. The molecule has 49 heavy (non-hydrogen) atoms. The number of methoxy groups -OCH3 is 1. The van der Waals surface area contributed by atoms with Gasteiger partial charge in [0.1, 0.15) is 5.75 Å². The Bertz CT molecular complexity index is 1580. The van der Waals surface area contributed by atoms with E-state index in [9.17, 15) is 20.4 Å². The number of aromatic hydroxyl groups is 3. The number of nitrogens with one attached hydrogen (secondary N) is 1. The number of aliphatic hydroxyl groups is 1. The van der Waals surface area contributed by atoms with Crippen LogP contribution in [0.3, 0.4) is 0 Å². The lowest BCUT2D eigenvalue weighted by Gasteiger charge is -2.45. The van der Waals surface area contributed by atoms with Crippen molar-refractivity contribution in [1.29, 1.82) is 0 Å². The number of rotatable bonds is 10. The number of aromatic nitrogens is 1. The highest BCUT2D eigenvalue weighted by Crippen LogP contribution is 2.50. The maximum Gasteiger partial charge on any atom is 0.200 e. The molecule has 1 saturated heterocycles. The molecule has 3 aromatic rings. The Morgan fingerprint density at radius 1 is 0.939 bits per heavy atom. The van der Waals surface area contributed by atoms with Gasteiger partial charge in [-0.1, -0.05) is 55.2 Å². The molecule has 7 atom stereocenters. The molecular weight excluding hydrogens is 616 g/mol. The second-order valence-electron chi connectivity index (χ2n) is 15.1. The fraction of sp³-hybridized carbons (Fsp3) is 0.561. The van der Waals surface area contributed by atoms with Crippen LogP contribution in [0.15, 0.2) is 54.9 Å². The van der Waals surface area contributed by atoms with Crippen molar-refractivity contribution in [3.05, 3.63) is 82.7 Å². The summed E-state index contributed by atoms with van der Waals surface area (Å²) in [4.78, 5) is 4.19. The van der Waals surface area contributed by atoms with Crippen LogP contribution in [0.25, 0.3) is 0 Å². The summed E-state index contributed by atoms with van der Waals surface area (Å²) in [5.41, 5.74) is 4.62. The third kappa shape index (κ3) is 7.52. The Kier molecular flexibility index (Phi) is 10.5. The molecule has 264 valence electrons. The molecule has 0 amide bonds. The molecule has 3 aliphatic carbocycles. The summed E-state index contributed by atoms with van der Waals surface area (Å²) in [6.07, 6.45) is 20.4. The maximum absolute atomic E-state index is 11.4. The summed E-state index contributed by atoms with van der Waals surface area (Å²) >= 11 is 0. The predicted molar refractivity (Wildman–Crippen MR) is 189 cm³/mol. The lowest BCUT2D eigenvalue weighted by molar-refractivity contribution is -0.154. The highest BCUT2D eigenvalue weighted by molar-refractivity contribution is 5.59. The van der Waals surface area contributed by atoms with Gasteiger partial charge in [-0.05, 0) is 99.4 Å². The molecule has 3 fully saturated rings. The standard InChI is InChI=1S/C41H53N2O6/c1-48-41-34(19-26-14-16-42-24-26)33(22-37(46)40(41)47)39-23-36(45)31-12-10-28(21-38(31)49-39)27-11-13-35(44)32(20-27)29-7-5-6-25(18-29)15-17-43-30-8-3-2-4-9-30/h5,7,11,13-14,16,20,22,24-25,28-31,36,38-39,43-47H,2-4,6,8-10,12,15,17-19,21,23H2,1H3/q-1. The van der Waals surface area contributed by atoms with Gasteiger partial charge in [0.05, 0.1) is 25.4 Å². The minimum absolute atomic E-state index is 0.0312. The second kappa shape index (κ2) is 15.2. The van der Waals surface area contributed by atoms with E-state index >= 15 is 0 Å². The van der Waals surface area contributed by atoms with Gasteiger partial charge < -0.3 is 40.2 Å². The van der Waals surface area contributed by atoms with Crippen LogP contribution < -0.4 is 15.0 Å². The van der Waals surface area contributed by atoms with Gasteiger partial charge in [-0.2, -0.15) is 12.4 Å². The first kappa shape index (κ1) is 34.0. The molecule has 0 radical (unpaired) electrons. The van der Waals surface area contributed by atoms with Gasteiger partial charge in [0.2, 0.25) is 5.75 Å².